The van der Waals surface area contributed by atoms with Gasteiger partial charge < -0.3 is 10.1 Å². The zero-order valence-corrected chi connectivity index (χ0v) is 12.7. The zero-order chi connectivity index (χ0) is 17.6. The van der Waals surface area contributed by atoms with E-state index < -0.39 is 6.36 Å². The topological polar surface area (TPSA) is 51.2 Å². The molecule has 7 heteroatoms. The van der Waals surface area contributed by atoms with Gasteiger partial charge in [-0.05, 0) is 42.3 Å². The van der Waals surface area contributed by atoms with Gasteiger partial charge in [0.1, 0.15) is 5.75 Å². The van der Waals surface area contributed by atoms with E-state index in [2.05, 4.69) is 15.0 Å². The Kier molecular flexibility index (Phi) is 5.57. The Labute approximate surface area is 137 Å². The number of hydrogen-bond donors (Lipinski definition) is 1. The third-order valence-electron chi connectivity index (χ3n) is 3.08. The van der Waals surface area contributed by atoms with E-state index in [1.165, 1.54) is 30.3 Å². The molecule has 0 bridgehead atoms. The first-order valence-electron chi connectivity index (χ1n) is 7.08. The van der Waals surface area contributed by atoms with Crippen molar-refractivity contribution < 1.29 is 22.7 Å². The summed E-state index contributed by atoms with van der Waals surface area (Å²) in [5, 5.41) is 2.72. The fourth-order valence-corrected chi connectivity index (χ4v) is 1.95. The molecule has 1 aromatic carbocycles. The Morgan fingerprint density at radius 2 is 1.96 bits per heavy atom. The number of amides is 1. The van der Waals surface area contributed by atoms with Gasteiger partial charge in [0.05, 0.1) is 6.04 Å². The lowest BCUT2D eigenvalue weighted by Gasteiger charge is -2.14. The van der Waals surface area contributed by atoms with Crippen LogP contribution in [0.25, 0.3) is 6.08 Å². The standard InChI is InChI=1S/C17H15F3N2O2/c1-12(14-5-7-15(8-6-14)24-17(18,19)20)22-16(23)9-4-13-3-2-10-21-11-13/h2-12H,1H3,(H,22,23)/b9-4+. The number of nitrogens with one attached hydrogen (secondary N) is 1. The monoisotopic (exact) mass is 336 g/mol. The van der Waals surface area contributed by atoms with Gasteiger partial charge in [-0.1, -0.05) is 18.2 Å². The van der Waals surface area contributed by atoms with E-state index in [4.69, 9.17) is 0 Å². The molecule has 1 atom stereocenters. The molecule has 0 saturated carbocycles. The second-order valence-corrected chi connectivity index (χ2v) is 4.97. The van der Waals surface area contributed by atoms with Crippen molar-refractivity contribution in [3.8, 4) is 5.75 Å². The van der Waals surface area contributed by atoms with Crippen LogP contribution in [0.4, 0.5) is 13.2 Å². The molecular formula is C17H15F3N2O2. The number of pyridine rings is 1. The molecule has 2 aromatic rings. The van der Waals surface area contributed by atoms with Crippen LogP contribution in [0.15, 0.2) is 54.9 Å². The highest BCUT2D eigenvalue weighted by Gasteiger charge is 2.31. The summed E-state index contributed by atoms with van der Waals surface area (Å²) in [6.45, 7) is 1.73. The van der Waals surface area contributed by atoms with E-state index in [0.29, 0.717) is 5.56 Å². The Hall–Kier alpha value is -2.83. The van der Waals surface area contributed by atoms with Crippen LogP contribution in [0.1, 0.15) is 24.1 Å². The van der Waals surface area contributed by atoms with Gasteiger partial charge in [-0.25, -0.2) is 0 Å². The van der Waals surface area contributed by atoms with Crippen LogP contribution < -0.4 is 10.1 Å². The first kappa shape index (κ1) is 17.5. The largest absolute Gasteiger partial charge is 0.573 e. The number of carbonyl (C=O) groups excluding carboxylic acids is 1. The van der Waals surface area contributed by atoms with Crippen LogP contribution in [0, 0.1) is 0 Å². The Balaban J connectivity index is 1.93. The molecule has 0 aliphatic rings. The first-order valence-corrected chi connectivity index (χ1v) is 7.08. The number of alkyl halides is 3. The molecule has 0 aliphatic heterocycles. The fraction of sp³-hybridized carbons (Fsp3) is 0.176. The summed E-state index contributed by atoms with van der Waals surface area (Å²) in [5.41, 5.74) is 1.45. The number of hydrogen-bond acceptors (Lipinski definition) is 3. The number of nitrogens with zero attached hydrogens (tertiary/aromatic N) is 1. The summed E-state index contributed by atoms with van der Waals surface area (Å²) in [6, 6.07) is 8.54. The highest BCUT2D eigenvalue weighted by Crippen LogP contribution is 2.24. The van der Waals surface area contributed by atoms with Crippen molar-refractivity contribution in [3.05, 3.63) is 66.0 Å². The van der Waals surface area contributed by atoms with Crippen LogP contribution in [0.3, 0.4) is 0 Å². The molecule has 1 unspecified atom stereocenters. The first-order chi connectivity index (χ1) is 11.3. The molecule has 4 nitrogen and oxygen atoms in total. The third-order valence-corrected chi connectivity index (χ3v) is 3.08. The van der Waals surface area contributed by atoms with Crippen LogP contribution in [-0.4, -0.2) is 17.3 Å². The maximum Gasteiger partial charge on any atom is 0.573 e. The lowest BCUT2D eigenvalue weighted by atomic mass is 10.1. The minimum Gasteiger partial charge on any atom is -0.406 e. The quantitative estimate of drug-likeness (QED) is 0.843. The van der Waals surface area contributed by atoms with Crippen molar-refractivity contribution in [2.24, 2.45) is 0 Å². The summed E-state index contributed by atoms with van der Waals surface area (Å²) < 4.78 is 40.1. The second kappa shape index (κ2) is 7.63. The van der Waals surface area contributed by atoms with E-state index in [1.54, 1.807) is 37.5 Å². The van der Waals surface area contributed by atoms with E-state index in [0.717, 1.165) is 5.56 Å². The molecule has 0 spiro atoms. The van der Waals surface area contributed by atoms with Gasteiger partial charge in [0, 0.05) is 18.5 Å². The van der Waals surface area contributed by atoms with Gasteiger partial charge >= 0.3 is 6.36 Å². The summed E-state index contributed by atoms with van der Waals surface area (Å²) in [5.74, 6) is -0.622. The maximum absolute atomic E-state index is 12.1. The van der Waals surface area contributed by atoms with Crippen molar-refractivity contribution in [1.29, 1.82) is 0 Å². The molecule has 0 aliphatic carbocycles. The Morgan fingerprint density at radius 3 is 2.54 bits per heavy atom. The molecule has 24 heavy (non-hydrogen) atoms. The number of aromatic nitrogens is 1. The van der Waals surface area contributed by atoms with Gasteiger partial charge in [0.25, 0.3) is 0 Å². The minimum atomic E-state index is -4.72. The lowest BCUT2D eigenvalue weighted by Crippen LogP contribution is -2.24. The molecule has 126 valence electrons. The molecule has 1 aromatic heterocycles. The fourth-order valence-electron chi connectivity index (χ4n) is 1.95. The van der Waals surface area contributed by atoms with Gasteiger partial charge in [0.15, 0.2) is 0 Å². The molecule has 0 saturated heterocycles. The summed E-state index contributed by atoms with van der Waals surface area (Å²) >= 11 is 0. The number of benzene rings is 1. The second-order valence-electron chi connectivity index (χ2n) is 4.97. The summed E-state index contributed by atoms with van der Waals surface area (Å²) in [4.78, 5) is 15.8. The third kappa shape index (κ3) is 5.75. The molecule has 2 rings (SSSR count). The van der Waals surface area contributed by atoms with Crippen LogP contribution in [0.5, 0.6) is 5.75 Å². The average Bonchev–Trinajstić information content (AvgIpc) is 2.53. The van der Waals surface area contributed by atoms with Crippen molar-refractivity contribution in [2.45, 2.75) is 19.3 Å². The summed E-state index contributed by atoms with van der Waals surface area (Å²) in [7, 11) is 0. The smallest absolute Gasteiger partial charge is 0.406 e. The highest BCUT2D eigenvalue weighted by molar-refractivity contribution is 5.91. The molecule has 1 heterocycles. The Morgan fingerprint density at radius 1 is 1.25 bits per heavy atom. The number of rotatable bonds is 5. The van der Waals surface area contributed by atoms with Crippen LogP contribution >= 0.6 is 0 Å². The highest BCUT2D eigenvalue weighted by atomic mass is 19.4. The van der Waals surface area contributed by atoms with Crippen molar-refractivity contribution in [1.82, 2.24) is 10.3 Å². The van der Waals surface area contributed by atoms with Gasteiger partial charge in [-0.15, -0.1) is 13.2 Å². The normalized spacial score (nSPS) is 12.8. The van der Waals surface area contributed by atoms with Gasteiger partial charge in [-0.3, -0.25) is 9.78 Å². The van der Waals surface area contributed by atoms with Gasteiger partial charge in [0.2, 0.25) is 5.91 Å². The van der Waals surface area contributed by atoms with E-state index in [1.807, 2.05) is 0 Å². The zero-order valence-electron chi connectivity index (χ0n) is 12.7. The van der Waals surface area contributed by atoms with Crippen molar-refractivity contribution in [3.63, 3.8) is 0 Å². The van der Waals surface area contributed by atoms with E-state index in [9.17, 15) is 18.0 Å². The van der Waals surface area contributed by atoms with Crippen molar-refractivity contribution in [2.75, 3.05) is 0 Å². The molecular weight excluding hydrogens is 321 g/mol. The molecule has 0 fully saturated rings. The lowest BCUT2D eigenvalue weighted by molar-refractivity contribution is -0.274. The number of carbonyl (C=O) groups is 1. The SMILES string of the molecule is CC(NC(=O)/C=C/c1cccnc1)c1ccc(OC(F)(F)F)cc1. The predicted molar refractivity (Wildman–Crippen MR) is 83.0 cm³/mol. The predicted octanol–water partition coefficient (Wildman–Crippen LogP) is 3.87. The minimum absolute atomic E-state index is 0.304. The van der Waals surface area contributed by atoms with Crippen LogP contribution in [-0.2, 0) is 4.79 Å². The number of halogens is 3. The molecule has 0 radical (unpaired) electrons. The Bertz CT molecular complexity index is 698. The van der Waals surface area contributed by atoms with Gasteiger partial charge in [-0.2, -0.15) is 0 Å². The maximum atomic E-state index is 12.1. The molecule has 1 amide bonds. The summed E-state index contributed by atoms with van der Waals surface area (Å²) in [6.07, 6.45) is 1.51. The van der Waals surface area contributed by atoms with E-state index in [-0.39, 0.29) is 17.7 Å². The van der Waals surface area contributed by atoms with E-state index >= 15 is 0 Å². The number of ether oxygens (including phenoxy) is 1. The van der Waals surface area contributed by atoms with Crippen molar-refractivity contribution >= 4 is 12.0 Å². The average molecular weight is 336 g/mol. The van der Waals surface area contributed by atoms with Crippen LogP contribution in [0.2, 0.25) is 0 Å². The molecule has 1 N–H and O–H groups in total.